The van der Waals surface area contributed by atoms with Gasteiger partial charge in [-0.05, 0) is 43.2 Å². The van der Waals surface area contributed by atoms with Crippen LogP contribution in [-0.4, -0.2) is 25.1 Å². The van der Waals surface area contributed by atoms with Gasteiger partial charge in [-0.2, -0.15) is 13.2 Å². The number of amides is 1. The quantitative estimate of drug-likeness (QED) is 0.696. The molecule has 1 amide bonds. The Bertz CT molecular complexity index is 850. The number of benzene rings is 2. The number of nitrogens with one attached hydrogen (secondary N) is 1. The van der Waals surface area contributed by atoms with Gasteiger partial charge in [0.05, 0.1) is 23.4 Å². The van der Waals surface area contributed by atoms with Gasteiger partial charge < -0.3 is 14.8 Å². The summed E-state index contributed by atoms with van der Waals surface area (Å²) in [6.45, 7) is 3.19. The summed E-state index contributed by atoms with van der Waals surface area (Å²) in [5, 5.41) is 2.31. The Morgan fingerprint density at radius 1 is 1.11 bits per heavy atom. The average molecular weight is 395 g/mol. The molecule has 0 saturated heterocycles. The van der Waals surface area contributed by atoms with Crippen molar-refractivity contribution in [3.05, 3.63) is 59.2 Å². The van der Waals surface area contributed by atoms with Crippen molar-refractivity contribution < 1.29 is 32.2 Å². The lowest BCUT2D eigenvalue weighted by Crippen LogP contribution is -2.22. The molecule has 0 bridgehead atoms. The van der Waals surface area contributed by atoms with Crippen LogP contribution in [0.1, 0.15) is 34.8 Å². The maximum absolute atomic E-state index is 12.9. The second-order valence-corrected chi connectivity index (χ2v) is 6.00. The van der Waals surface area contributed by atoms with Crippen LogP contribution in [0.25, 0.3) is 0 Å². The summed E-state index contributed by atoms with van der Waals surface area (Å²) >= 11 is 0. The molecule has 0 unspecified atom stereocenters. The van der Waals surface area contributed by atoms with E-state index in [1.54, 1.807) is 31.2 Å². The van der Waals surface area contributed by atoms with Crippen LogP contribution < -0.4 is 10.1 Å². The van der Waals surface area contributed by atoms with Gasteiger partial charge in [-0.3, -0.25) is 4.79 Å². The summed E-state index contributed by atoms with van der Waals surface area (Å²) in [6.07, 6.45) is -3.93. The number of rotatable bonds is 7. The highest BCUT2D eigenvalue weighted by Crippen LogP contribution is 2.35. The van der Waals surface area contributed by atoms with E-state index < -0.39 is 30.2 Å². The van der Waals surface area contributed by atoms with Gasteiger partial charge in [-0.15, -0.1) is 0 Å². The predicted molar refractivity (Wildman–Crippen MR) is 97.3 cm³/mol. The summed E-state index contributed by atoms with van der Waals surface area (Å²) in [6, 6.07) is 9.49. The molecule has 2 aromatic carbocycles. The fourth-order valence-electron chi connectivity index (χ4n) is 2.34. The Kier molecular flexibility index (Phi) is 7.03. The van der Waals surface area contributed by atoms with Gasteiger partial charge in [-0.25, -0.2) is 4.79 Å². The fraction of sp³-hybridized carbons (Fsp3) is 0.300. The summed E-state index contributed by atoms with van der Waals surface area (Å²) in [5.74, 6) is -1.37. The molecule has 0 aliphatic rings. The van der Waals surface area contributed by atoms with Crippen molar-refractivity contribution in [1.29, 1.82) is 0 Å². The highest BCUT2D eigenvalue weighted by molar-refractivity contribution is 5.96. The molecular formula is C20H20F3NO4. The van der Waals surface area contributed by atoms with E-state index in [1.165, 1.54) is 0 Å². The number of esters is 1. The molecular weight excluding hydrogens is 375 g/mol. The number of carbonyl (C=O) groups is 2. The molecule has 0 spiro atoms. The third kappa shape index (κ3) is 5.73. The zero-order valence-electron chi connectivity index (χ0n) is 15.4. The van der Waals surface area contributed by atoms with Crippen LogP contribution in [0.15, 0.2) is 42.5 Å². The maximum atomic E-state index is 12.9. The molecule has 1 N–H and O–H groups in total. The van der Waals surface area contributed by atoms with E-state index in [9.17, 15) is 22.8 Å². The molecule has 0 heterocycles. The summed E-state index contributed by atoms with van der Waals surface area (Å²) in [7, 11) is 0. The fourth-order valence-corrected chi connectivity index (χ4v) is 2.34. The van der Waals surface area contributed by atoms with Crippen molar-refractivity contribution >= 4 is 17.6 Å². The smallest absolute Gasteiger partial charge is 0.416 e. The number of ether oxygens (including phenoxy) is 2. The number of aryl methyl sites for hydroxylation is 1. The van der Waals surface area contributed by atoms with Crippen LogP contribution in [0.4, 0.5) is 18.9 Å². The minimum absolute atomic E-state index is 0.105. The Hall–Kier alpha value is -3.03. The molecule has 2 rings (SSSR count). The molecule has 150 valence electrons. The van der Waals surface area contributed by atoms with Crippen molar-refractivity contribution in [2.45, 2.75) is 26.4 Å². The van der Waals surface area contributed by atoms with Crippen LogP contribution >= 0.6 is 0 Å². The standard InChI is InChI=1S/C20H20F3NO4/c1-3-10-27-17-9-8-14(20(21,22)23)11-16(17)24-18(25)12-28-19(26)15-7-5-4-6-13(15)2/h4-9,11H,3,10,12H2,1-2H3,(H,24,25). The number of hydrogen-bond donors (Lipinski definition) is 1. The molecule has 0 aliphatic carbocycles. The first-order valence-electron chi connectivity index (χ1n) is 8.59. The number of carbonyl (C=O) groups excluding carboxylic acids is 2. The third-order valence-electron chi connectivity index (χ3n) is 3.74. The molecule has 0 aromatic heterocycles. The van der Waals surface area contributed by atoms with Crippen molar-refractivity contribution in [3.63, 3.8) is 0 Å². The molecule has 0 aliphatic heterocycles. The van der Waals surface area contributed by atoms with Gasteiger partial charge >= 0.3 is 12.1 Å². The SMILES string of the molecule is CCCOc1ccc(C(F)(F)F)cc1NC(=O)COC(=O)c1ccccc1C. The Morgan fingerprint density at radius 2 is 1.82 bits per heavy atom. The van der Waals surface area contributed by atoms with E-state index in [1.807, 2.05) is 6.92 Å². The normalized spacial score (nSPS) is 11.0. The summed E-state index contributed by atoms with van der Waals surface area (Å²) in [5.41, 5.74) is -0.0776. The highest BCUT2D eigenvalue weighted by Gasteiger charge is 2.31. The van der Waals surface area contributed by atoms with Crippen LogP contribution in [0.3, 0.4) is 0 Å². The molecule has 2 aromatic rings. The van der Waals surface area contributed by atoms with Crippen LogP contribution in [0.2, 0.25) is 0 Å². The third-order valence-corrected chi connectivity index (χ3v) is 3.74. The summed E-state index contributed by atoms with van der Waals surface area (Å²) < 4.78 is 49.2. The molecule has 8 heteroatoms. The monoisotopic (exact) mass is 395 g/mol. The van der Waals surface area contributed by atoms with E-state index >= 15 is 0 Å². The first-order valence-corrected chi connectivity index (χ1v) is 8.59. The highest BCUT2D eigenvalue weighted by atomic mass is 19.4. The first kappa shape index (κ1) is 21.3. The summed E-state index contributed by atoms with van der Waals surface area (Å²) in [4.78, 5) is 24.1. The van der Waals surface area contributed by atoms with Gasteiger partial charge in [0.1, 0.15) is 5.75 Å². The minimum atomic E-state index is -4.57. The van der Waals surface area contributed by atoms with E-state index in [2.05, 4.69) is 5.32 Å². The molecule has 0 atom stereocenters. The zero-order chi connectivity index (χ0) is 20.7. The van der Waals surface area contributed by atoms with E-state index in [4.69, 9.17) is 9.47 Å². The Morgan fingerprint density at radius 3 is 2.46 bits per heavy atom. The predicted octanol–water partition coefficient (Wildman–Crippen LogP) is 4.60. The van der Waals surface area contributed by atoms with Gasteiger partial charge in [0.2, 0.25) is 0 Å². The van der Waals surface area contributed by atoms with Gasteiger partial charge in [0.15, 0.2) is 6.61 Å². The molecule has 5 nitrogen and oxygen atoms in total. The maximum Gasteiger partial charge on any atom is 0.416 e. The van der Waals surface area contributed by atoms with Gasteiger partial charge in [0, 0.05) is 0 Å². The van der Waals surface area contributed by atoms with Crippen LogP contribution in [0.5, 0.6) is 5.75 Å². The van der Waals surface area contributed by atoms with Crippen LogP contribution in [0, 0.1) is 6.92 Å². The molecule has 0 radical (unpaired) electrons. The van der Waals surface area contributed by atoms with Crippen molar-refractivity contribution in [1.82, 2.24) is 0 Å². The number of alkyl halides is 3. The molecule has 0 saturated carbocycles. The average Bonchev–Trinajstić information content (AvgIpc) is 2.64. The van der Waals surface area contributed by atoms with Crippen molar-refractivity contribution in [2.75, 3.05) is 18.5 Å². The van der Waals surface area contributed by atoms with Crippen molar-refractivity contribution in [3.8, 4) is 5.75 Å². The largest absolute Gasteiger partial charge is 0.491 e. The first-order chi connectivity index (χ1) is 13.2. The van der Waals surface area contributed by atoms with Crippen molar-refractivity contribution in [2.24, 2.45) is 0 Å². The molecule has 0 fully saturated rings. The lowest BCUT2D eigenvalue weighted by atomic mass is 10.1. The Labute approximate surface area is 160 Å². The number of halogens is 3. The Balaban J connectivity index is 2.09. The van der Waals surface area contributed by atoms with Gasteiger partial charge in [0.25, 0.3) is 5.91 Å². The lowest BCUT2D eigenvalue weighted by Gasteiger charge is -2.15. The molecule has 28 heavy (non-hydrogen) atoms. The zero-order valence-corrected chi connectivity index (χ0v) is 15.4. The number of anilines is 1. The topological polar surface area (TPSA) is 64.6 Å². The second kappa shape index (κ2) is 9.25. The minimum Gasteiger partial charge on any atom is -0.491 e. The van der Waals surface area contributed by atoms with Crippen LogP contribution in [-0.2, 0) is 15.7 Å². The lowest BCUT2D eigenvalue weighted by molar-refractivity contribution is -0.137. The van der Waals surface area contributed by atoms with Gasteiger partial charge in [-0.1, -0.05) is 25.1 Å². The second-order valence-electron chi connectivity index (χ2n) is 6.00. The van der Waals surface area contributed by atoms with E-state index in [-0.39, 0.29) is 18.0 Å². The van der Waals surface area contributed by atoms with E-state index in [0.717, 1.165) is 18.2 Å². The van der Waals surface area contributed by atoms with E-state index in [0.29, 0.717) is 17.5 Å². The number of hydrogen-bond acceptors (Lipinski definition) is 4.